The molecular formula is C32H66O9. The molecule has 41 heavy (non-hydrogen) atoms. The Morgan fingerprint density at radius 1 is 0.659 bits per heavy atom. The molecular weight excluding hydrogens is 528 g/mol. The lowest BCUT2D eigenvalue weighted by Crippen LogP contribution is -2.63. The van der Waals surface area contributed by atoms with Crippen LogP contribution in [0.15, 0.2) is 0 Å². The normalized spacial score (nSPS) is 17.1. The van der Waals surface area contributed by atoms with E-state index < -0.39 is 23.3 Å². The Morgan fingerprint density at radius 3 is 1.85 bits per heavy atom. The van der Waals surface area contributed by atoms with Crippen LogP contribution < -0.4 is 0 Å². The largest absolute Gasteiger partial charge is 0.368 e. The average Bonchev–Trinajstić information content (AvgIpc) is 2.88. The number of rotatable bonds is 27. The quantitative estimate of drug-likeness (QED) is 0.0405. The van der Waals surface area contributed by atoms with Gasteiger partial charge >= 0.3 is 5.97 Å². The first-order valence-electron chi connectivity index (χ1n) is 16.1. The summed E-state index contributed by atoms with van der Waals surface area (Å²) in [5, 5.41) is 0. The van der Waals surface area contributed by atoms with E-state index in [1.54, 1.807) is 7.11 Å². The molecule has 9 nitrogen and oxygen atoms in total. The van der Waals surface area contributed by atoms with Gasteiger partial charge in [0.1, 0.15) is 0 Å². The molecule has 0 aromatic rings. The molecule has 9 heteroatoms. The molecule has 0 aliphatic rings. The highest BCUT2D eigenvalue weighted by molar-refractivity contribution is 4.84. The molecule has 3 unspecified atom stereocenters. The van der Waals surface area contributed by atoms with Crippen LogP contribution in [0.5, 0.6) is 0 Å². The molecule has 0 aliphatic heterocycles. The number of methoxy groups -OCH3 is 1. The van der Waals surface area contributed by atoms with Gasteiger partial charge in [0, 0.05) is 26.6 Å². The van der Waals surface area contributed by atoms with Crippen molar-refractivity contribution in [3.63, 3.8) is 0 Å². The van der Waals surface area contributed by atoms with Crippen LogP contribution >= 0.6 is 0 Å². The first-order chi connectivity index (χ1) is 19.3. The van der Waals surface area contributed by atoms with Gasteiger partial charge in [0.15, 0.2) is 0 Å². The van der Waals surface area contributed by atoms with E-state index in [0.29, 0.717) is 58.2 Å². The molecule has 0 saturated carbocycles. The second kappa shape index (κ2) is 21.4. The second-order valence-corrected chi connectivity index (χ2v) is 12.2. The Bertz CT molecular complexity index is 625. The van der Waals surface area contributed by atoms with Gasteiger partial charge in [0.05, 0.1) is 38.1 Å². The highest BCUT2D eigenvalue weighted by atomic mass is 17.3. The lowest BCUT2D eigenvalue weighted by atomic mass is 10.0. The molecule has 3 atom stereocenters. The van der Waals surface area contributed by atoms with Crippen LogP contribution in [0.3, 0.4) is 0 Å². The zero-order valence-electron chi connectivity index (χ0n) is 28.7. The van der Waals surface area contributed by atoms with E-state index in [1.165, 1.54) is 0 Å². The Kier molecular flexibility index (Phi) is 21.2. The summed E-state index contributed by atoms with van der Waals surface area (Å²) in [4.78, 5) is 11.7. The highest BCUT2D eigenvalue weighted by Crippen LogP contribution is 2.41. The summed E-state index contributed by atoms with van der Waals surface area (Å²) in [7, 11) is 1.58. The van der Waals surface area contributed by atoms with Crippen LogP contribution in [0.2, 0.25) is 0 Å². The van der Waals surface area contributed by atoms with Gasteiger partial charge in [0.25, 0.3) is 11.8 Å². The van der Waals surface area contributed by atoms with Crippen LogP contribution in [0.4, 0.5) is 0 Å². The van der Waals surface area contributed by atoms with Gasteiger partial charge in [-0.2, -0.15) is 4.89 Å². The van der Waals surface area contributed by atoms with Crippen LogP contribution in [0.1, 0.15) is 134 Å². The molecule has 0 amide bonds. The van der Waals surface area contributed by atoms with Crippen molar-refractivity contribution in [3.8, 4) is 0 Å². The lowest BCUT2D eigenvalue weighted by molar-refractivity contribution is -0.579. The minimum Gasteiger partial charge on any atom is -0.347 e. The molecule has 0 radical (unpaired) electrons. The standard InChI is InChI=1S/C32H66O9/c1-13-17-19-25-38-41-32(36-23-15-3,39-28(7)8)30(33-12,34-16-4)21-20-22-31(35-24-18-14-2,37-26-27(5)6)40-29(9,10)11/h27-28H,13-26H2,1-12H3. The van der Waals surface area contributed by atoms with E-state index in [1.807, 2.05) is 48.5 Å². The molecule has 0 saturated heterocycles. The van der Waals surface area contributed by atoms with Gasteiger partial charge in [-0.05, 0) is 73.1 Å². The zero-order valence-corrected chi connectivity index (χ0v) is 28.7. The second-order valence-electron chi connectivity index (χ2n) is 12.2. The van der Waals surface area contributed by atoms with E-state index in [2.05, 4.69) is 27.7 Å². The van der Waals surface area contributed by atoms with Crippen molar-refractivity contribution < 1.29 is 42.9 Å². The molecule has 0 rings (SSSR count). The maximum Gasteiger partial charge on any atom is 0.368 e. The summed E-state index contributed by atoms with van der Waals surface area (Å²) in [5.41, 5.74) is -0.494. The van der Waals surface area contributed by atoms with E-state index in [-0.39, 0.29) is 6.10 Å². The Morgan fingerprint density at radius 2 is 1.34 bits per heavy atom. The first-order valence-corrected chi connectivity index (χ1v) is 16.1. The van der Waals surface area contributed by atoms with Gasteiger partial charge in [0.2, 0.25) is 0 Å². The van der Waals surface area contributed by atoms with Gasteiger partial charge in [-0.15, -0.1) is 0 Å². The molecule has 0 fully saturated rings. The van der Waals surface area contributed by atoms with Crippen LogP contribution in [-0.2, 0) is 42.9 Å². The number of hydrogen-bond acceptors (Lipinski definition) is 9. The van der Waals surface area contributed by atoms with Crippen molar-refractivity contribution in [3.05, 3.63) is 0 Å². The summed E-state index contributed by atoms with van der Waals surface area (Å²) in [5.74, 6) is -4.13. The maximum atomic E-state index is 6.50. The fourth-order valence-corrected chi connectivity index (χ4v) is 4.22. The minimum absolute atomic E-state index is 0.267. The highest BCUT2D eigenvalue weighted by Gasteiger charge is 2.60. The van der Waals surface area contributed by atoms with E-state index in [0.717, 1.165) is 38.5 Å². The molecule has 0 aromatic carbocycles. The summed E-state index contributed by atoms with van der Waals surface area (Å²) >= 11 is 0. The number of unbranched alkanes of at least 4 members (excludes halogenated alkanes) is 3. The Hall–Kier alpha value is -0.360. The fraction of sp³-hybridized carbons (Fsp3) is 1.00. The van der Waals surface area contributed by atoms with Crippen molar-refractivity contribution in [2.45, 2.75) is 163 Å². The van der Waals surface area contributed by atoms with E-state index >= 15 is 0 Å². The third kappa shape index (κ3) is 15.8. The molecule has 0 N–H and O–H groups in total. The van der Waals surface area contributed by atoms with Crippen molar-refractivity contribution in [1.82, 2.24) is 0 Å². The summed E-state index contributed by atoms with van der Waals surface area (Å²) in [6.45, 7) is 24.4. The Labute approximate surface area is 252 Å². The van der Waals surface area contributed by atoms with Crippen molar-refractivity contribution >= 4 is 0 Å². The predicted octanol–water partition coefficient (Wildman–Crippen LogP) is 8.14. The van der Waals surface area contributed by atoms with E-state index in [4.69, 9.17) is 42.9 Å². The van der Waals surface area contributed by atoms with Crippen LogP contribution in [0, 0.1) is 5.92 Å². The third-order valence-corrected chi connectivity index (χ3v) is 5.97. The van der Waals surface area contributed by atoms with Gasteiger partial charge in [-0.25, -0.2) is 4.89 Å². The predicted molar refractivity (Wildman–Crippen MR) is 162 cm³/mol. The summed E-state index contributed by atoms with van der Waals surface area (Å²) in [6.07, 6.45) is 6.64. The lowest BCUT2D eigenvalue weighted by Gasteiger charge is -2.46. The SMILES string of the molecule is CCCCCOOC(OCCC)(OC(C)C)C(CCCC(OCCCC)(OCC(C)C)OC(C)(C)C)(OC)OCC. The number of ether oxygens (including phenoxy) is 7. The van der Waals surface area contributed by atoms with E-state index in [9.17, 15) is 0 Å². The monoisotopic (exact) mass is 594 g/mol. The van der Waals surface area contributed by atoms with Gasteiger partial charge in [-0.1, -0.05) is 53.9 Å². The molecule has 0 bridgehead atoms. The average molecular weight is 595 g/mol. The Balaban J connectivity index is 6.37. The smallest absolute Gasteiger partial charge is 0.347 e. The van der Waals surface area contributed by atoms with Gasteiger partial charge in [-0.3, -0.25) is 0 Å². The van der Waals surface area contributed by atoms with Crippen molar-refractivity contribution in [2.75, 3.05) is 40.1 Å². The summed E-state index contributed by atoms with van der Waals surface area (Å²) < 4.78 is 44.4. The first kappa shape index (κ1) is 40.6. The van der Waals surface area contributed by atoms with Crippen LogP contribution in [0.25, 0.3) is 0 Å². The molecule has 0 aliphatic carbocycles. The number of hydrogen-bond donors (Lipinski definition) is 0. The minimum atomic E-state index is -1.76. The zero-order chi connectivity index (χ0) is 31.4. The van der Waals surface area contributed by atoms with Crippen molar-refractivity contribution in [1.29, 1.82) is 0 Å². The topological polar surface area (TPSA) is 83.1 Å². The van der Waals surface area contributed by atoms with Crippen molar-refractivity contribution in [2.24, 2.45) is 5.92 Å². The molecule has 0 heterocycles. The summed E-state index contributed by atoms with van der Waals surface area (Å²) in [6, 6.07) is 0. The maximum absolute atomic E-state index is 6.50. The fourth-order valence-electron chi connectivity index (χ4n) is 4.22. The molecule has 248 valence electrons. The van der Waals surface area contributed by atoms with Crippen LogP contribution in [-0.4, -0.2) is 69.6 Å². The van der Waals surface area contributed by atoms with Gasteiger partial charge < -0.3 is 33.2 Å². The molecule has 0 spiro atoms. The molecule has 0 aromatic heterocycles. The third-order valence-electron chi connectivity index (χ3n) is 5.97.